The number of aryl methyl sites for hydroxylation is 1. The highest BCUT2D eigenvalue weighted by molar-refractivity contribution is 6.42. The average molecular weight is 403 g/mol. The van der Waals surface area contributed by atoms with Crippen molar-refractivity contribution in [3.05, 3.63) is 76.0 Å². The maximum atomic E-state index is 11.8. The molecule has 1 amide bonds. The third kappa shape index (κ3) is 5.12. The molecule has 0 spiro atoms. The van der Waals surface area contributed by atoms with Crippen LogP contribution in [-0.4, -0.2) is 18.7 Å². The fraction of sp³-hybridized carbons (Fsp3) is 0.100. The molecule has 3 rings (SSSR count). The molecule has 0 aliphatic rings. The van der Waals surface area contributed by atoms with Gasteiger partial charge in [-0.05, 0) is 48.9 Å². The number of nitrogens with one attached hydrogen (secondary N) is 1. The van der Waals surface area contributed by atoms with Gasteiger partial charge in [-0.3, -0.25) is 4.79 Å². The number of hydrogen-bond acceptors (Lipinski definition) is 4. The Balaban J connectivity index is 1.54. The van der Waals surface area contributed by atoms with E-state index < -0.39 is 0 Å². The third-order valence-corrected chi connectivity index (χ3v) is 4.40. The van der Waals surface area contributed by atoms with Crippen molar-refractivity contribution >= 4 is 35.3 Å². The number of halogens is 2. The molecule has 1 N–H and O–H groups in total. The van der Waals surface area contributed by atoms with E-state index in [0.29, 0.717) is 27.3 Å². The molecule has 0 bridgehead atoms. The predicted molar refractivity (Wildman–Crippen MR) is 107 cm³/mol. The molecule has 0 radical (unpaired) electrons. The highest BCUT2D eigenvalue weighted by atomic mass is 35.5. The number of ether oxygens (including phenoxy) is 1. The van der Waals surface area contributed by atoms with Gasteiger partial charge in [0.05, 0.1) is 16.3 Å². The maximum Gasteiger partial charge on any atom is 0.277 e. The highest BCUT2D eigenvalue weighted by Crippen LogP contribution is 2.29. The second kappa shape index (κ2) is 8.75. The van der Waals surface area contributed by atoms with E-state index in [-0.39, 0.29) is 12.5 Å². The van der Waals surface area contributed by atoms with Crippen LogP contribution in [0.3, 0.4) is 0 Å². The Hall–Kier alpha value is -2.76. The number of hydrazone groups is 1. The minimum Gasteiger partial charge on any atom is -0.483 e. The number of benzene rings is 2. The monoisotopic (exact) mass is 402 g/mol. The van der Waals surface area contributed by atoms with Gasteiger partial charge in [-0.15, -0.1) is 0 Å². The molecule has 138 valence electrons. The van der Waals surface area contributed by atoms with Crippen LogP contribution < -0.4 is 10.2 Å². The average Bonchev–Trinajstić information content (AvgIpc) is 3.12. The molecule has 0 aliphatic carbocycles. The zero-order valence-corrected chi connectivity index (χ0v) is 15.9. The van der Waals surface area contributed by atoms with Gasteiger partial charge in [-0.25, -0.2) is 5.43 Å². The van der Waals surface area contributed by atoms with E-state index in [1.165, 1.54) is 6.21 Å². The zero-order chi connectivity index (χ0) is 19.2. The topological polar surface area (TPSA) is 63.8 Å². The van der Waals surface area contributed by atoms with Crippen LogP contribution in [0.4, 0.5) is 0 Å². The summed E-state index contributed by atoms with van der Waals surface area (Å²) >= 11 is 11.9. The molecular weight excluding hydrogens is 387 g/mol. The largest absolute Gasteiger partial charge is 0.483 e. The van der Waals surface area contributed by atoms with E-state index in [9.17, 15) is 4.79 Å². The Bertz CT molecular complexity index is 983. The van der Waals surface area contributed by atoms with Gasteiger partial charge < -0.3 is 9.15 Å². The van der Waals surface area contributed by atoms with E-state index in [1.54, 1.807) is 36.4 Å². The van der Waals surface area contributed by atoms with Crippen LogP contribution in [0, 0.1) is 6.92 Å². The van der Waals surface area contributed by atoms with Crippen LogP contribution in [0.1, 0.15) is 11.3 Å². The number of carbonyl (C=O) groups is 1. The van der Waals surface area contributed by atoms with Gasteiger partial charge in [0.1, 0.15) is 17.3 Å². The third-order valence-electron chi connectivity index (χ3n) is 3.66. The lowest BCUT2D eigenvalue weighted by Crippen LogP contribution is -2.24. The predicted octanol–water partition coefficient (Wildman–Crippen LogP) is 5.09. The van der Waals surface area contributed by atoms with Gasteiger partial charge in [0.2, 0.25) is 0 Å². The number of rotatable bonds is 6. The molecule has 0 aliphatic heterocycles. The fourth-order valence-corrected chi connectivity index (χ4v) is 2.59. The molecule has 1 heterocycles. The second-order valence-electron chi connectivity index (χ2n) is 5.68. The molecule has 27 heavy (non-hydrogen) atoms. The lowest BCUT2D eigenvalue weighted by atomic mass is 10.2. The van der Waals surface area contributed by atoms with Crippen LogP contribution >= 0.6 is 23.2 Å². The number of furan rings is 1. The molecule has 3 aromatic rings. The molecular formula is C20H16Cl2N2O3. The number of para-hydroxylation sites is 1. The van der Waals surface area contributed by atoms with Crippen LogP contribution in [0.2, 0.25) is 10.0 Å². The SMILES string of the molecule is Cc1ccccc1OCC(=O)N/N=C/c1ccc(-c2ccc(Cl)c(Cl)c2)o1. The number of carbonyl (C=O) groups excluding carboxylic acids is 1. The van der Waals surface area contributed by atoms with E-state index in [4.69, 9.17) is 32.4 Å². The number of nitrogens with zero attached hydrogens (tertiary/aromatic N) is 1. The summed E-state index contributed by atoms with van der Waals surface area (Å²) in [6.45, 7) is 1.78. The standard InChI is InChI=1S/C20H16Cl2N2O3/c1-13-4-2-3-5-18(13)26-12-20(25)24-23-11-15-7-9-19(27-15)14-6-8-16(21)17(22)10-14/h2-11H,12H2,1H3,(H,24,25)/b23-11+. The van der Waals surface area contributed by atoms with E-state index in [1.807, 2.05) is 25.1 Å². The van der Waals surface area contributed by atoms with Crippen molar-refractivity contribution in [3.8, 4) is 17.1 Å². The summed E-state index contributed by atoms with van der Waals surface area (Å²) in [6.07, 6.45) is 1.41. The van der Waals surface area contributed by atoms with Gasteiger partial charge >= 0.3 is 0 Å². The van der Waals surface area contributed by atoms with Crippen molar-refractivity contribution < 1.29 is 13.9 Å². The summed E-state index contributed by atoms with van der Waals surface area (Å²) in [7, 11) is 0. The first kappa shape index (κ1) is 19.0. The molecule has 0 atom stereocenters. The van der Waals surface area contributed by atoms with Gasteiger partial charge in [0, 0.05) is 5.56 Å². The van der Waals surface area contributed by atoms with E-state index in [2.05, 4.69) is 10.5 Å². The molecule has 7 heteroatoms. The first-order valence-corrected chi connectivity index (χ1v) is 8.84. The molecule has 5 nitrogen and oxygen atoms in total. The summed E-state index contributed by atoms with van der Waals surface area (Å²) in [6, 6.07) is 16.2. The Labute approximate surface area is 166 Å². The molecule has 1 aromatic heterocycles. The Kier molecular flexibility index (Phi) is 6.16. The van der Waals surface area contributed by atoms with Crippen LogP contribution in [0.15, 0.2) is 64.1 Å². The zero-order valence-electron chi connectivity index (χ0n) is 14.4. The molecule has 0 fully saturated rings. The van der Waals surface area contributed by atoms with Crippen LogP contribution in [-0.2, 0) is 4.79 Å². The van der Waals surface area contributed by atoms with Crippen molar-refractivity contribution in [2.24, 2.45) is 5.10 Å². The molecule has 0 saturated heterocycles. The number of amides is 1. The van der Waals surface area contributed by atoms with Crippen LogP contribution in [0.5, 0.6) is 5.75 Å². The van der Waals surface area contributed by atoms with Gasteiger partial charge in [0.25, 0.3) is 5.91 Å². The quantitative estimate of drug-likeness (QED) is 0.461. The first-order chi connectivity index (χ1) is 13.0. The van der Waals surface area contributed by atoms with Gasteiger partial charge in [0.15, 0.2) is 6.61 Å². The van der Waals surface area contributed by atoms with Crippen molar-refractivity contribution in [1.29, 1.82) is 0 Å². The summed E-state index contributed by atoms with van der Waals surface area (Å²) in [5.41, 5.74) is 4.14. The smallest absolute Gasteiger partial charge is 0.277 e. The highest BCUT2D eigenvalue weighted by Gasteiger charge is 2.07. The molecule has 2 aromatic carbocycles. The minimum absolute atomic E-state index is 0.130. The Morgan fingerprint density at radius 2 is 1.96 bits per heavy atom. The summed E-state index contributed by atoms with van der Waals surface area (Å²) < 4.78 is 11.1. The van der Waals surface area contributed by atoms with Gasteiger partial charge in [-0.1, -0.05) is 41.4 Å². The van der Waals surface area contributed by atoms with Crippen molar-refractivity contribution in [3.63, 3.8) is 0 Å². The van der Waals surface area contributed by atoms with E-state index in [0.717, 1.165) is 11.1 Å². The summed E-state index contributed by atoms with van der Waals surface area (Å²) in [4.78, 5) is 11.8. The Morgan fingerprint density at radius 3 is 2.74 bits per heavy atom. The minimum atomic E-state index is -0.370. The molecule has 0 saturated carbocycles. The first-order valence-electron chi connectivity index (χ1n) is 8.08. The fourth-order valence-electron chi connectivity index (χ4n) is 2.29. The van der Waals surface area contributed by atoms with Crippen LogP contribution in [0.25, 0.3) is 11.3 Å². The lowest BCUT2D eigenvalue weighted by molar-refractivity contribution is -0.123. The number of hydrogen-bond donors (Lipinski definition) is 1. The van der Waals surface area contributed by atoms with Crippen molar-refractivity contribution in [1.82, 2.24) is 5.43 Å². The lowest BCUT2D eigenvalue weighted by Gasteiger charge is -2.07. The van der Waals surface area contributed by atoms with E-state index >= 15 is 0 Å². The maximum absolute atomic E-state index is 11.8. The van der Waals surface area contributed by atoms with Gasteiger partial charge in [-0.2, -0.15) is 5.10 Å². The normalized spacial score (nSPS) is 10.9. The summed E-state index contributed by atoms with van der Waals surface area (Å²) in [5.74, 6) is 1.39. The Morgan fingerprint density at radius 1 is 1.15 bits per heavy atom. The van der Waals surface area contributed by atoms with Crippen molar-refractivity contribution in [2.75, 3.05) is 6.61 Å². The second-order valence-corrected chi connectivity index (χ2v) is 6.49. The molecule has 0 unspecified atom stereocenters. The summed E-state index contributed by atoms with van der Waals surface area (Å²) in [5, 5.41) is 4.79. The van der Waals surface area contributed by atoms with Crippen molar-refractivity contribution in [2.45, 2.75) is 6.92 Å².